The van der Waals surface area contributed by atoms with Crippen molar-refractivity contribution in [2.24, 2.45) is 5.73 Å². The highest BCUT2D eigenvalue weighted by Crippen LogP contribution is 2.17. The summed E-state index contributed by atoms with van der Waals surface area (Å²) in [6.07, 6.45) is 0.453. The van der Waals surface area contributed by atoms with Gasteiger partial charge in [0.25, 0.3) is 0 Å². The van der Waals surface area contributed by atoms with Crippen molar-refractivity contribution in [3.8, 4) is 0 Å². The van der Waals surface area contributed by atoms with Crippen LogP contribution < -0.4 is 5.73 Å². The van der Waals surface area contributed by atoms with Gasteiger partial charge in [-0.15, -0.1) is 0 Å². The first-order valence-corrected chi connectivity index (χ1v) is 7.15. The molecule has 2 aromatic rings. The van der Waals surface area contributed by atoms with Gasteiger partial charge in [0.1, 0.15) is 12.6 Å². The van der Waals surface area contributed by atoms with E-state index in [2.05, 4.69) is 15.9 Å². The molecule has 0 amide bonds. The Morgan fingerprint density at radius 1 is 1.10 bits per heavy atom. The van der Waals surface area contributed by atoms with E-state index < -0.39 is 6.04 Å². The van der Waals surface area contributed by atoms with Crippen molar-refractivity contribution in [3.63, 3.8) is 0 Å². The van der Waals surface area contributed by atoms with Crippen LogP contribution in [0.1, 0.15) is 11.1 Å². The van der Waals surface area contributed by atoms with E-state index in [1.54, 1.807) is 0 Å². The Morgan fingerprint density at radius 3 is 2.45 bits per heavy atom. The van der Waals surface area contributed by atoms with Crippen LogP contribution >= 0.6 is 15.9 Å². The number of hydrogen-bond acceptors (Lipinski definition) is 3. The summed E-state index contributed by atoms with van der Waals surface area (Å²) in [5.41, 5.74) is 7.84. The van der Waals surface area contributed by atoms with E-state index in [4.69, 9.17) is 10.5 Å². The van der Waals surface area contributed by atoms with Gasteiger partial charge in [0.2, 0.25) is 0 Å². The third kappa shape index (κ3) is 4.18. The molecule has 0 bridgehead atoms. The lowest BCUT2D eigenvalue weighted by molar-refractivity contribution is -0.146. The summed E-state index contributed by atoms with van der Waals surface area (Å²) >= 11 is 3.44. The lowest BCUT2D eigenvalue weighted by atomic mass is 10.1. The van der Waals surface area contributed by atoms with Gasteiger partial charge in [-0.1, -0.05) is 64.5 Å². The second-order valence-electron chi connectivity index (χ2n) is 4.50. The third-order valence-corrected chi connectivity index (χ3v) is 3.70. The smallest absolute Gasteiger partial charge is 0.323 e. The Morgan fingerprint density at radius 2 is 1.75 bits per heavy atom. The highest BCUT2D eigenvalue weighted by molar-refractivity contribution is 9.10. The lowest BCUT2D eigenvalue weighted by Crippen LogP contribution is -2.34. The SMILES string of the molecule is N[C@H](Cc1ccccc1Br)C(=O)OCc1ccccc1. The predicted octanol–water partition coefficient (Wildman–Crippen LogP) is 3.06. The van der Waals surface area contributed by atoms with E-state index in [1.807, 2.05) is 54.6 Å². The molecule has 0 radical (unpaired) electrons. The molecule has 0 spiro atoms. The van der Waals surface area contributed by atoms with Gasteiger partial charge >= 0.3 is 5.97 Å². The molecule has 2 N–H and O–H groups in total. The maximum atomic E-state index is 11.9. The van der Waals surface area contributed by atoms with Gasteiger partial charge < -0.3 is 10.5 Å². The largest absolute Gasteiger partial charge is 0.460 e. The zero-order valence-corrected chi connectivity index (χ0v) is 12.5. The first kappa shape index (κ1) is 14.8. The van der Waals surface area contributed by atoms with Crippen molar-refractivity contribution in [3.05, 3.63) is 70.2 Å². The van der Waals surface area contributed by atoms with Gasteiger partial charge in [-0.05, 0) is 23.6 Å². The summed E-state index contributed by atoms with van der Waals surface area (Å²) in [5, 5.41) is 0. The Balaban J connectivity index is 1.88. The molecule has 0 heterocycles. The molecule has 0 aromatic heterocycles. The van der Waals surface area contributed by atoms with Crippen LogP contribution in [0.15, 0.2) is 59.1 Å². The predicted molar refractivity (Wildman–Crippen MR) is 82.1 cm³/mol. The van der Waals surface area contributed by atoms with E-state index in [9.17, 15) is 4.79 Å². The van der Waals surface area contributed by atoms with Crippen molar-refractivity contribution in [2.45, 2.75) is 19.1 Å². The van der Waals surface area contributed by atoms with Crippen LogP contribution in [0.4, 0.5) is 0 Å². The van der Waals surface area contributed by atoms with Crippen LogP contribution in [0.25, 0.3) is 0 Å². The number of halogens is 1. The molecular weight excluding hydrogens is 318 g/mol. The summed E-state index contributed by atoms with van der Waals surface area (Å²) in [6.45, 7) is 0.253. The molecule has 4 heteroatoms. The van der Waals surface area contributed by atoms with Crippen molar-refractivity contribution in [2.75, 3.05) is 0 Å². The van der Waals surface area contributed by atoms with Crippen molar-refractivity contribution in [1.82, 2.24) is 0 Å². The van der Waals surface area contributed by atoms with Crippen LogP contribution in [-0.4, -0.2) is 12.0 Å². The molecule has 20 heavy (non-hydrogen) atoms. The Labute approximate surface area is 126 Å². The zero-order chi connectivity index (χ0) is 14.4. The van der Waals surface area contributed by atoms with Gasteiger partial charge in [-0.3, -0.25) is 4.79 Å². The number of hydrogen-bond donors (Lipinski definition) is 1. The second-order valence-corrected chi connectivity index (χ2v) is 5.35. The molecular formula is C16H16BrNO2. The average molecular weight is 334 g/mol. The first-order chi connectivity index (χ1) is 9.66. The minimum absolute atomic E-state index is 0.253. The Bertz CT molecular complexity index is 572. The van der Waals surface area contributed by atoms with Crippen LogP contribution in [-0.2, 0) is 22.6 Å². The summed E-state index contributed by atoms with van der Waals surface area (Å²) in [6, 6.07) is 16.6. The van der Waals surface area contributed by atoms with E-state index in [0.717, 1.165) is 15.6 Å². The van der Waals surface area contributed by atoms with E-state index in [0.29, 0.717) is 6.42 Å². The molecule has 0 aliphatic heterocycles. The van der Waals surface area contributed by atoms with Gasteiger partial charge in [-0.25, -0.2) is 0 Å². The first-order valence-electron chi connectivity index (χ1n) is 6.36. The summed E-state index contributed by atoms with van der Waals surface area (Å²) in [7, 11) is 0. The third-order valence-electron chi connectivity index (χ3n) is 2.92. The number of rotatable bonds is 5. The minimum atomic E-state index is -0.655. The number of benzene rings is 2. The normalized spacial score (nSPS) is 11.9. The maximum Gasteiger partial charge on any atom is 0.323 e. The van der Waals surface area contributed by atoms with E-state index in [1.165, 1.54) is 0 Å². The van der Waals surface area contributed by atoms with Crippen LogP contribution in [0.3, 0.4) is 0 Å². The lowest BCUT2D eigenvalue weighted by Gasteiger charge is -2.12. The van der Waals surface area contributed by atoms with Gasteiger partial charge in [0, 0.05) is 4.47 Å². The standard InChI is InChI=1S/C16H16BrNO2/c17-14-9-5-4-8-13(14)10-15(18)16(19)20-11-12-6-2-1-3-7-12/h1-9,15H,10-11,18H2/t15-/m1/s1. The molecule has 0 unspecified atom stereocenters. The van der Waals surface area contributed by atoms with Crippen molar-refractivity contribution < 1.29 is 9.53 Å². The van der Waals surface area contributed by atoms with Crippen LogP contribution in [0.2, 0.25) is 0 Å². The molecule has 0 saturated heterocycles. The molecule has 0 saturated carbocycles. The van der Waals surface area contributed by atoms with Gasteiger partial charge in [-0.2, -0.15) is 0 Å². The molecule has 2 aromatic carbocycles. The second kappa shape index (κ2) is 7.22. The summed E-state index contributed by atoms with van der Waals surface area (Å²) < 4.78 is 6.17. The van der Waals surface area contributed by atoms with Gasteiger partial charge in [0.15, 0.2) is 0 Å². The number of carbonyl (C=O) groups is 1. The number of ether oxygens (including phenoxy) is 1. The molecule has 0 fully saturated rings. The monoisotopic (exact) mass is 333 g/mol. The highest BCUT2D eigenvalue weighted by Gasteiger charge is 2.16. The highest BCUT2D eigenvalue weighted by atomic mass is 79.9. The number of esters is 1. The topological polar surface area (TPSA) is 52.3 Å². The molecule has 0 aliphatic carbocycles. The summed E-state index contributed by atoms with van der Waals surface area (Å²) in [4.78, 5) is 11.9. The van der Waals surface area contributed by atoms with Crippen molar-refractivity contribution >= 4 is 21.9 Å². The van der Waals surface area contributed by atoms with Crippen molar-refractivity contribution in [1.29, 1.82) is 0 Å². The summed E-state index contributed by atoms with van der Waals surface area (Å²) in [5.74, 6) is -0.385. The van der Waals surface area contributed by atoms with Crippen LogP contribution in [0, 0.1) is 0 Å². The zero-order valence-electron chi connectivity index (χ0n) is 11.0. The molecule has 104 valence electrons. The van der Waals surface area contributed by atoms with Crippen LogP contribution in [0.5, 0.6) is 0 Å². The quantitative estimate of drug-likeness (QED) is 0.855. The minimum Gasteiger partial charge on any atom is -0.460 e. The molecule has 0 aliphatic rings. The number of nitrogens with two attached hydrogens (primary N) is 1. The van der Waals surface area contributed by atoms with Gasteiger partial charge in [0.05, 0.1) is 0 Å². The number of carbonyl (C=O) groups excluding carboxylic acids is 1. The Hall–Kier alpha value is -1.65. The fraction of sp³-hybridized carbons (Fsp3) is 0.188. The Kier molecular flexibility index (Phi) is 5.32. The fourth-order valence-corrected chi connectivity index (χ4v) is 2.27. The average Bonchev–Trinajstić information content (AvgIpc) is 2.48. The van der Waals surface area contributed by atoms with E-state index >= 15 is 0 Å². The molecule has 1 atom stereocenters. The maximum absolute atomic E-state index is 11.9. The fourth-order valence-electron chi connectivity index (χ4n) is 1.82. The van der Waals surface area contributed by atoms with E-state index in [-0.39, 0.29) is 12.6 Å². The molecule has 3 nitrogen and oxygen atoms in total. The molecule has 2 rings (SSSR count).